The highest BCUT2D eigenvalue weighted by Crippen LogP contribution is 2.27. The molecular weight excluding hydrogens is 408 g/mol. The molecule has 1 aliphatic heterocycles. The van der Waals surface area contributed by atoms with Crippen LogP contribution >= 0.6 is 0 Å². The van der Waals surface area contributed by atoms with Crippen LogP contribution in [0.25, 0.3) is 28.6 Å². The molecule has 1 aliphatic rings. The second kappa shape index (κ2) is 8.24. The van der Waals surface area contributed by atoms with Crippen LogP contribution in [0.3, 0.4) is 0 Å². The van der Waals surface area contributed by atoms with E-state index in [1.54, 1.807) is 12.1 Å². The van der Waals surface area contributed by atoms with E-state index in [0.29, 0.717) is 17.0 Å². The fourth-order valence-corrected chi connectivity index (χ4v) is 3.93. The zero-order valence-electron chi connectivity index (χ0n) is 17.1. The van der Waals surface area contributed by atoms with Crippen LogP contribution in [-0.4, -0.2) is 19.7 Å². The number of hydrogen-bond donors (Lipinski definition) is 1. The molecule has 2 heterocycles. The third-order valence-electron chi connectivity index (χ3n) is 4.91. The molecule has 0 atom stereocenters. The molecule has 156 valence electrons. The molecule has 0 radical (unpaired) electrons. The Morgan fingerprint density at radius 3 is 2.48 bits per heavy atom. The molecule has 0 saturated carbocycles. The van der Waals surface area contributed by atoms with Crippen LogP contribution in [0.1, 0.15) is 11.1 Å². The van der Waals surface area contributed by atoms with Gasteiger partial charge in [-0.25, -0.2) is 13.4 Å². The summed E-state index contributed by atoms with van der Waals surface area (Å²) in [5.74, 6) is 0.464. The Bertz CT molecular complexity index is 1360. The summed E-state index contributed by atoms with van der Waals surface area (Å²) in [5.41, 5.74) is 6.60. The van der Waals surface area contributed by atoms with Gasteiger partial charge in [-0.05, 0) is 47.5 Å². The first-order valence-electron chi connectivity index (χ1n) is 9.70. The van der Waals surface area contributed by atoms with E-state index in [1.165, 1.54) is 29.6 Å². The fourth-order valence-electron chi connectivity index (χ4n) is 3.28. The number of sulfone groups is 1. The van der Waals surface area contributed by atoms with Gasteiger partial charge in [-0.1, -0.05) is 49.6 Å². The Kier molecular flexibility index (Phi) is 5.48. The largest absolute Gasteiger partial charge is 0.436 e. The third kappa shape index (κ3) is 4.59. The van der Waals surface area contributed by atoms with Gasteiger partial charge in [-0.3, -0.25) is 0 Å². The Labute approximate surface area is 181 Å². The summed E-state index contributed by atoms with van der Waals surface area (Å²) in [4.78, 5) is 4.59. The first-order valence-corrected chi connectivity index (χ1v) is 11.6. The lowest BCUT2D eigenvalue weighted by Crippen LogP contribution is -1.95. The highest BCUT2D eigenvalue weighted by Gasteiger charge is 2.13. The Morgan fingerprint density at radius 1 is 1.06 bits per heavy atom. The van der Waals surface area contributed by atoms with Crippen LogP contribution in [-0.2, 0) is 16.3 Å². The molecular formula is C25H22N2O3S. The number of allylic oxidation sites excluding steroid dienone is 1. The average molecular weight is 431 g/mol. The summed E-state index contributed by atoms with van der Waals surface area (Å²) >= 11 is 0. The first kappa shape index (κ1) is 20.6. The van der Waals surface area contributed by atoms with Crippen molar-refractivity contribution in [3.63, 3.8) is 0 Å². The molecule has 0 bridgehead atoms. The average Bonchev–Trinajstić information content (AvgIpc) is 3.35. The lowest BCUT2D eigenvalue weighted by atomic mass is 10.1. The van der Waals surface area contributed by atoms with Gasteiger partial charge in [0.2, 0.25) is 5.89 Å². The number of hydrogen-bond acceptors (Lipinski definition) is 5. The molecule has 0 amide bonds. The lowest BCUT2D eigenvalue weighted by molar-refractivity contribution is 0.602. The van der Waals surface area contributed by atoms with Crippen molar-refractivity contribution in [3.8, 4) is 11.5 Å². The monoisotopic (exact) mass is 430 g/mol. The van der Waals surface area contributed by atoms with Gasteiger partial charge in [-0.15, -0.1) is 0 Å². The zero-order chi connectivity index (χ0) is 22.0. The molecule has 0 saturated heterocycles. The maximum atomic E-state index is 11.6. The summed E-state index contributed by atoms with van der Waals surface area (Å²) in [6.07, 6.45) is 3.91. The summed E-state index contributed by atoms with van der Waals surface area (Å²) in [6.45, 7) is 7.56. The van der Waals surface area contributed by atoms with Crippen LogP contribution in [0.2, 0.25) is 0 Å². The molecule has 31 heavy (non-hydrogen) atoms. The van der Waals surface area contributed by atoms with Crippen molar-refractivity contribution < 1.29 is 12.8 Å². The highest BCUT2D eigenvalue weighted by atomic mass is 32.2. The molecule has 3 aromatic carbocycles. The van der Waals surface area contributed by atoms with E-state index in [4.69, 9.17) is 4.42 Å². The standard InChI is InChI=1S/C16H13NO3S.C9H9N/c1-3-11-4-6-12(7-5-11)16-17-14-10-13(21(2,18)19)8-9-15(14)20-16;1-7-6-8-4-2-3-5-9(8)10-7/h3-10H,1H2,2H3;2-5,10H,1,6H2. The van der Waals surface area contributed by atoms with Gasteiger partial charge in [0, 0.05) is 29.6 Å². The van der Waals surface area contributed by atoms with Crippen molar-refractivity contribution >= 4 is 32.7 Å². The number of nitrogens with zero attached hydrogens (tertiary/aromatic N) is 1. The van der Waals surface area contributed by atoms with E-state index in [0.717, 1.165) is 23.2 Å². The van der Waals surface area contributed by atoms with Gasteiger partial charge < -0.3 is 9.73 Å². The Hall–Kier alpha value is -3.64. The number of rotatable bonds is 3. The lowest BCUT2D eigenvalue weighted by Gasteiger charge is -1.95. The quantitative estimate of drug-likeness (QED) is 0.451. The third-order valence-corrected chi connectivity index (χ3v) is 6.02. The van der Waals surface area contributed by atoms with Crippen LogP contribution < -0.4 is 5.32 Å². The number of para-hydroxylation sites is 1. The molecule has 5 rings (SSSR count). The molecule has 5 nitrogen and oxygen atoms in total. The van der Waals surface area contributed by atoms with E-state index in [9.17, 15) is 8.42 Å². The second-order valence-electron chi connectivity index (χ2n) is 7.31. The smallest absolute Gasteiger partial charge is 0.227 e. The van der Waals surface area contributed by atoms with Crippen LogP contribution in [0, 0.1) is 0 Å². The van der Waals surface area contributed by atoms with E-state index in [2.05, 4.69) is 41.7 Å². The normalized spacial score (nSPS) is 12.6. The van der Waals surface area contributed by atoms with E-state index in [-0.39, 0.29) is 4.90 Å². The number of fused-ring (bicyclic) bond motifs is 2. The Balaban J connectivity index is 0.000000192. The first-order chi connectivity index (χ1) is 14.8. The van der Waals surface area contributed by atoms with Crippen molar-refractivity contribution in [1.29, 1.82) is 0 Å². The minimum Gasteiger partial charge on any atom is -0.436 e. The fraction of sp³-hybridized carbons (Fsp3) is 0.0800. The zero-order valence-corrected chi connectivity index (χ0v) is 17.9. The highest BCUT2D eigenvalue weighted by molar-refractivity contribution is 7.90. The Morgan fingerprint density at radius 2 is 1.81 bits per heavy atom. The minimum atomic E-state index is -3.25. The van der Waals surface area contributed by atoms with E-state index < -0.39 is 9.84 Å². The molecule has 0 fully saturated rings. The molecule has 4 aromatic rings. The van der Waals surface area contributed by atoms with E-state index in [1.807, 2.05) is 30.3 Å². The molecule has 6 heteroatoms. The van der Waals surface area contributed by atoms with Gasteiger partial charge in [0.1, 0.15) is 5.52 Å². The summed E-state index contributed by atoms with van der Waals surface area (Å²) in [7, 11) is -3.25. The van der Waals surface area contributed by atoms with Crippen molar-refractivity contribution in [2.75, 3.05) is 11.6 Å². The molecule has 1 N–H and O–H groups in total. The second-order valence-corrected chi connectivity index (χ2v) is 9.33. The van der Waals surface area contributed by atoms with Gasteiger partial charge in [-0.2, -0.15) is 0 Å². The molecule has 0 aliphatic carbocycles. The number of aromatic nitrogens is 1. The van der Waals surface area contributed by atoms with E-state index >= 15 is 0 Å². The molecule has 1 aromatic heterocycles. The maximum Gasteiger partial charge on any atom is 0.227 e. The van der Waals surface area contributed by atoms with Crippen LogP contribution in [0.4, 0.5) is 5.69 Å². The maximum absolute atomic E-state index is 11.6. The van der Waals surface area contributed by atoms with Crippen molar-refractivity contribution in [2.24, 2.45) is 0 Å². The van der Waals surface area contributed by atoms with Crippen molar-refractivity contribution in [1.82, 2.24) is 4.98 Å². The SMILES string of the molecule is C=C1Cc2ccccc2N1.C=Cc1ccc(-c2nc3cc(S(C)(=O)=O)ccc3o2)cc1. The molecule has 0 unspecified atom stereocenters. The summed E-state index contributed by atoms with van der Waals surface area (Å²) < 4.78 is 28.8. The molecule has 0 spiro atoms. The number of nitrogens with one attached hydrogen (secondary N) is 1. The van der Waals surface area contributed by atoms with Crippen molar-refractivity contribution in [3.05, 3.63) is 96.7 Å². The summed E-state index contributed by atoms with van der Waals surface area (Å²) in [6, 6.07) is 20.6. The van der Waals surface area contributed by atoms with Crippen molar-refractivity contribution in [2.45, 2.75) is 11.3 Å². The van der Waals surface area contributed by atoms with Gasteiger partial charge in [0.05, 0.1) is 4.90 Å². The number of benzene rings is 3. The predicted octanol–water partition coefficient (Wildman–Crippen LogP) is 5.71. The minimum absolute atomic E-state index is 0.233. The topological polar surface area (TPSA) is 72.2 Å². The van der Waals surface area contributed by atoms with Crippen LogP contribution in [0.15, 0.2) is 94.9 Å². The van der Waals surface area contributed by atoms with Crippen LogP contribution in [0.5, 0.6) is 0 Å². The predicted molar refractivity (Wildman–Crippen MR) is 126 cm³/mol. The number of oxazole rings is 1. The number of anilines is 1. The van der Waals surface area contributed by atoms with Gasteiger partial charge in [0.15, 0.2) is 15.4 Å². The van der Waals surface area contributed by atoms with Gasteiger partial charge >= 0.3 is 0 Å². The summed E-state index contributed by atoms with van der Waals surface area (Å²) in [5, 5.41) is 3.20. The van der Waals surface area contributed by atoms with Gasteiger partial charge in [0.25, 0.3) is 0 Å².